The minimum Gasteiger partial charge on any atom is -0.396 e. The highest BCUT2D eigenvalue weighted by Gasteiger charge is 2.56. The smallest absolute Gasteiger partial charge is 0.258 e. The summed E-state index contributed by atoms with van der Waals surface area (Å²) < 4.78 is 1.92. The van der Waals surface area contributed by atoms with E-state index in [4.69, 9.17) is 0 Å². The van der Waals surface area contributed by atoms with Crippen molar-refractivity contribution in [2.75, 3.05) is 19.7 Å². The Balaban J connectivity index is 1.38. The van der Waals surface area contributed by atoms with Crippen LogP contribution in [0.4, 0.5) is 0 Å². The standard InChI is InChI=1S/C29H35N3O3/c1-2-31-25-17-32-24(13-12-22(28(32)34)20-9-4-3-5-10-20)27(31)26(23(25)18-33)29(35)30-15-14-19-8-6-7-11-21(19)16-30/h6-9,11-13,23,25-27,33H,2-5,10,14-18H2,1H3/t23-,25-,26+,27+/m0/s1. The highest BCUT2D eigenvalue weighted by atomic mass is 16.3. The molecule has 2 bridgehead atoms. The van der Waals surface area contributed by atoms with E-state index in [1.807, 2.05) is 21.6 Å². The molecule has 6 heteroatoms. The van der Waals surface area contributed by atoms with E-state index in [9.17, 15) is 14.7 Å². The van der Waals surface area contributed by atoms with E-state index in [0.717, 1.165) is 43.5 Å². The van der Waals surface area contributed by atoms with Crippen molar-refractivity contribution in [1.82, 2.24) is 14.4 Å². The summed E-state index contributed by atoms with van der Waals surface area (Å²) in [6.45, 7) is 4.73. The minimum absolute atomic E-state index is 0.0122. The highest BCUT2D eigenvalue weighted by Crippen LogP contribution is 2.49. The molecule has 1 fully saturated rings. The zero-order chi connectivity index (χ0) is 24.1. The van der Waals surface area contributed by atoms with E-state index in [0.29, 0.717) is 19.6 Å². The molecule has 6 nitrogen and oxygen atoms in total. The Labute approximate surface area is 206 Å². The lowest BCUT2D eigenvalue weighted by Gasteiger charge is -2.38. The first-order valence-corrected chi connectivity index (χ1v) is 13.3. The number of aliphatic hydroxyl groups excluding tert-OH is 1. The number of fused-ring (bicyclic) bond motifs is 5. The molecule has 4 heterocycles. The van der Waals surface area contributed by atoms with Gasteiger partial charge in [0.15, 0.2) is 0 Å². The first-order valence-electron chi connectivity index (χ1n) is 13.3. The van der Waals surface area contributed by atoms with E-state index in [2.05, 4.69) is 42.2 Å². The van der Waals surface area contributed by atoms with E-state index in [1.165, 1.54) is 23.1 Å². The highest BCUT2D eigenvalue weighted by molar-refractivity contribution is 5.81. The zero-order valence-corrected chi connectivity index (χ0v) is 20.5. The van der Waals surface area contributed by atoms with Crippen LogP contribution in [0.25, 0.3) is 5.57 Å². The zero-order valence-electron chi connectivity index (χ0n) is 20.5. The Morgan fingerprint density at radius 2 is 1.91 bits per heavy atom. The Kier molecular flexibility index (Phi) is 5.89. The van der Waals surface area contributed by atoms with Gasteiger partial charge in [-0.1, -0.05) is 37.3 Å². The van der Waals surface area contributed by atoms with Gasteiger partial charge in [0.25, 0.3) is 5.56 Å². The summed E-state index contributed by atoms with van der Waals surface area (Å²) in [4.78, 5) is 32.1. The average molecular weight is 474 g/mol. The fourth-order valence-corrected chi connectivity index (χ4v) is 7.16. The molecule has 1 aliphatic carbocycles. The average Bonchev–Trinajstić information content (AvgIpc) is 3.14. The molecule has 1 aromatic heterocycles. The van der Waals surface area contributed by atoms with E-state index in [-0.39, 0.29) is 42.0 Å². The van der Waals surface area contributed by atoms with Crippen LogP contribution in [-0.2, 0) is 24.3 Å². The molecule has 4 atom stereocenters. The van der Waals surface area contributed by atoms with Gasteiger partial charge in [-0.25, -0.2) is 0 Å². The van der Waals surface area contributed by atoms with Crippen LogP contribution in [0.3, 0.4) is 0 Å². The van der Waals surface area contributed by atoms with Crippen molar-refractivity contribution in [1.29, 1.82) is 0 Å². The molecule has 184 valence electrons. The van der Waals surface area contributed by atoms with Gasteiger partial charge in [-0.05, 0) is 67.5 Å². The predicted molar refractivity (Wildman–Crippen MR) is 136 cm³/mol. The lowest BCUT2D eigenvalue weighted by Crippen LogP contribution is -2.47. The molecule has 6 rings (SSSR count). The molecule has 1 amide bonds. The fraction of sp³-hybridized carbons (Fsp3) is 0.517. The number of hydrogen-bond donors (Lipinski definition) is 1. The molecule has 1 saturated heterocycles. The Bertz CT molecular complexity index is 1230. The SMILES string of the molecule is CCN1[C@@H]2c3ccc(C4=CCCCC4)c(=O)n3C[C@H]1[C@H](CO)[C@H]2C(=O)N1CCc2ccccc2C1. The van der Waals surface area contributed by atoms with Crippen LogP contribution in [0.15, 0.2) is 47.3 Å². The molecule has 0 spiro atoms. The van der Waals surface area contributed by atoms with Gasteiger partial charge in [0, 0.05) is 49.5 Å². The summed E-state index contributed by atoms with van der Waals surface area (Å²) in [6, 6.07) is 12.2. The van der Waals surface area contributed by atoms with Crippen molar-refractivity contribution in [3.63, 3.8) is 0 Å². The number of nitrogens with zero attached hydrogens (tertiary/aromatic N) is 3. The summed E-state index contributed by atoms with van der Waals surface area (Å²) in [6.07, 6.45) is 7.39. The van der Waals surface area contributed by atoms with Gasteiger partial charge in [0.1, 0.15) is 0 Å². The first-order chi connectivity index (χ1) is 17.1. The van der Waals surface area contributed by atoms with Gasteiger partial charge in [-0.2, -0.15) is 0 Å². The second-order valence-corrected chi connectivity index (χ2v) is 10.6. The van der Waals surface area contributed by atoms with Crippen molar-refractivity contribution in [2.45, 2.75) is 64.2 Å². The number of pyridine rings is 1. The first kappa shape index (κ1) is 22.7. The maximum atomic E-state index is 14.1. The van der Waals surface area contributed by atoms with Gasteiger partial charge < -0.3 is 14.6 Å². The van der Waals surface area contributed by atoms with E-state index in [1.54, 1.807) is 0 Å². The number of aromatic nitrogens is 1. The van der Waals surface area contributed by atoms with Crippen molar-refractivity contribution in [3.8, 4) is 0 Å². The van der Waals surface area contributed by atoms with Crippen molar-refractivity contribution < 1.29 is 9.90 Å². The van der Waals surface area contributed by atoms with E-state index < -0.39 is 0 Å². The monoisotopic (exact) mass is 473 g/mol. The molecule has 3 aliphatic heterocycles. The fourth-order valence-electron chi connectivity index (χ4n) is 7.16. The number of carbonyl (C=O) groups is 1. The number of allylic oxidation sites excluding steroid dienone is 2. The largest absolute Gasteiger partial charge is 0.396 e. The number of carbonyl (C=O) groups excluding carboxylic acids is 1. The maximum Gasteiger partial charge on any atom is 0.258 e. The number of likely N-dealkylation sites (N-methyl/N-ethyl adjacent to an activating group) is 1. The summed E-state index contributed by atoms with van der Waals surface area (Å²) in [5.74, 6) is -0.408. The van der Waals surface area contributed by atoms with Crippen LogP contribution in [0.5, 0.6) is 0 Å². The van der Waals surface area contributed by atoms with E-state index >= 15 is 0 Å². The van der Waals surface area contributed by atoms with Crippen molar-refractivity contribution in [2.24, 2.45) is 11.8 Å². The number of aliphatic hydroxyl groups is 1. The molecular weight excluding hydrogens is 438 g/mol. The molecule has 1 N–H and O–H groups in total. The maximum absolute atomic E-state index is 14.1. The molecular formula is C29H35N3O3. The van der Waals surface area contributed by atoms with Crippen LogP contribution in [0.1, 0.15) is 61.0 Å². The van der Waals surface area contributed by atoms with Crippen LogP contribution in [0, 0.1) is 11.8 Å². The van der Waals surface area contributed by atoms with Crippen molar-refractivity contribution in [3.05, 3.63) is 75.2 Å². The summed E-state index contributed by atoms with van der Waals surface area (Å²) in [7, 11) is 0. The van der Waals surface area contributed by atoms with Crippen LogP contribution in [0.2, 0.25) is 0 Å². The van der Waals surface area contributed by atoms with Gasteiger partial charge in [-0.3, -0.25) is 14.5 Å². The summed E-state index contributed by atoms with van der Waals surface area (Å²) >= 11 is 0. The number of benzene rings is 1. The molecule has 0 radical (unpaired) electrons. The van der Waals surface area contributed by atoms with Crippen LogP contribution in [-0.4, -0.2) is 51.1 Å². The second kappa shape index (κ2) is 9.07. The van der Waals surface area contributed by atoms with Gasteiger partial charge in [0.2, 0.25) is 5.91 Å². The second-order valence-electron chi connectivity index (χ2n) is 10.6. The normalized spacial score (nSPS) is 27.8. The number of hydrogen-bond acceptors (Lipinski definition) is 4. The third-order valence-corrected chi connectivity index (χ3v) is 8.90. The summed E-state index contributed by atoms with van der Waals surface area (Å²) in [5, 5.41) is 10.5. The van der Waals surface area contributed by atoms with Gasteiger partial charge in [-0.15, -0.1) is 0 Å². The van der Waals surface area contributed by atoms with Gasteiger partial charge >= 0.3 is 0 Å². The molecule has 2 aromatic rings. The molecule has 0 unspecified atom stereocenters. The quantitative estimate of drug-likeness (QED) is 0.740. The minimum atomic E-state index is -0.344. The Hall–Kier alpha value is -2.70. The Morgan fingerprint density at radius 3 is 2.66 bits per heavy atom. The van der Waals surface area contributed by atoms with Gasteiger partial charge in [0.05, 0.1) is 12.0 Å². The topological polar surface area (TPSA) is 65.8 Å². The lowest BCUT2D eigenvalue weighted by atomic mass is 9.85. The van der Waals surface area contributed by atoms with Crippen molar-refractivity contribution >= 4 is 11.5 Å². The molecule has 35 heavy (non-hydrogen) atoms. The third-order valence-electron chi connectivity index (χ3n) is 8.90. The number of rotatable bonds is 4. The third kappa shape index (κ3) is 3.61. The molecule has 4 aliphatic rings. The lowest BCUT2D eigenvalue weighted by molar-refractivity contribution is -0.139. The Morgan fingerprint density at radius 1 is 1.09 bits per heavy atom. The predicted octanol–water partition coefficient (Wildman–Crippen LogP) is 3.37. The van der Waals surface area contributed by atoms with Crippen LogP contribution < -0.4 is 5.56 Å². The molecule has 0 saturated carbocycles. The number of amides is 1. The van der Waals surface area contributed by atoms with Crippen LogP contribution >= 0.6 is 0 Å². The summed E-state index contributed by atoms with van der Waals surface area (Å²) in [5.41, 5.74) is 5.51. The molecule has 1 aromatic carbocycles.